The fourth-order valence-corrected chi connectivity index (χ4v) is 5.01. The Morgan fingerprint density at radius 3 is 2.23 bits per heavy atom. The summed E-state index contributed by atoms with van der Waals surface area (Å²) in [5, 5.41) is 2.07. The molecule has 3 fully saturated rings. The lowest BCUT2D eigenvalue weighted by Crippen LogP contribution is -2.59. The Labute approximate surface area is 211 Å². The summed E-state index contributed by atoms with van der Waals surface area (Å²) in [6.45, 7) is 14.3. The Balaban J connectivity index is 1.35. The quantitative estimate of drug-likeness (QED) is 0.446. The Morgan fingerprint density at radius 1 is 0.886 bits per heavy atom. The standard InChI is InChI=1S/C28H45NO6/c1-21(22-11-13-24(14-12-22)32-17-26-18-33-26)35-29-27(2,3)19-30-15-25(34-20-28(29,4)5)16-31-23-9-7-6-8-10-23/h11-14,21,23,25-26H,6-10,15-20H2,1-5H3. The van der Waals surface area contributed by atoms with Gasteiger partial charge in [0.05, 0.1) is 50.2 Å². The van der Waals surface area contributed by atoms with E-state index in [2.05, 4.69) is 51.8 Å². The van der Waals surface area contributed by atoms with Crippen LogP contribution in [0.3, 0.4) is 0 Å². The Kier molecular flexibility index (Phi) is 9.11. The number of hydrogen-bond donors (Lipinski definition) is 0. The van der Waals surface area contributed by atoms with E-state index >= 15 is 0 Å². The Hall–Kier alpha value is -1.22. The van der Waals surface area contributed by atoms with Crippen molar-refractivity contribution in [3.05, 3.63) is 29.8 Å². The van der Waals surface area contributed by atoms with Crippen LogP contribution in [-0.4, -0.2) is 74.1 Å². The third-order valence-electron chi connectivity index (χ3n) is 7.05. The molecule has 3 unspecified atom stereocenters. The predicted molar refractivity (Wildman–Crippen MR) is 135 cm³/mol. The third-order valence-corrected chi connectivity index (χ3v) is 7.05. The van der Waals surface area contributed by atoms with Gasteiger partial charge in [0.2, 0.25) is 0 Å². The van der Waals surface area contributed by atoms with Gasteiger partial charge in [-0.2, -0.15) is 5.06 Å². The molecule has 1 aromatic carbocycles. The fraction of sp³-hybridized carbons (Fsp3) is 0.786. The number of benzene rings is 1. The molecule has 0 amide bonds. The molecule has 1 aromatic rings. The lowest BCUT2D eigenvalue weighted by Gasteiger charge is -2.47. The molecule has 35 heavy (non-hydrogen) atoms. The van der Waals surface area contributed by atoms with E-state index in [0.29, 0.717) is 39.1 Å². The van der Waals surface area contributed by atoms with Crippen LogP contribution in [0.2, 0.25) is 0 Å². The van der Waals surface area contributed by atoms with Crippen molar-refractivity contribution in [2.24, 2.45) is 0 Å². The largest absolute Gasteiger partial charge is 0.491 e. The van der Waals surface area contributed by atoms with E-state index in [1.165, 1.54) is 19.3 Å². The van der Waals surface area contributed by atoms with Gasteiger partial charge in [0.25, 0.3) is 0 Å². The van der Waals surface area contributed by atoms with Gasteiger partial charge < -0.3 is 23.7 Å². The molecule has 0 bridgehead atoms. The third kappa shape index (κ3) is 7.88. The summed E-state index contributed by atoms with van der Waals surface area (Å²) in [6, 6.07) is 8.12. The topological polar surface area (TPSA) is 61.9 Å². The average molecular weight is 492 g/mol. The molecule has 0 spiro atoms. The SMILES string of the molecule is CC(ON1C(C)(C)COCC(COC2CCCCC2)OCC1(C)C)c1ccc(OCC2CO2)cc1. The van der Waals surface area contributed by atoms with Crippen LogP contribution in [0.15, 0.2) is 24.3 Å². The molecule has 2 saturated heterocycles. The number of hydroxylamine groups is 2. The van der Waals surface area contributed by atoms with Gasteiger partial charge in [-0.25, -0.2) is 0 Å². The summed E-state index contributed by atoms with van der Waals surface area (Å²) in [6.07, 6.45) is 6.59. The van der Waals surface area contributed by atoms with Crippen LogP contribution in [0.5, 0.6) is 5.75 Å². The van der Waals surface area contributed by atoms with Crippen molar-refractivity contribution >= 4 is 0 Å². The summed E-state index contributed by atoms with van der Waals surface area (Å²) in [5.41, 5.74) is 0.391. The molecule has 7 heteroatoms. The normalized spacial score (nSPS) is 28.5. The molecule has 3 atom stereocenters. The number of nitrogens with zero attached hydrogens (tertiary/aromatic N) is 1. The molecule has 1 saturated carbocycles. The highest BCUT2D eigenvalue weighted by Gasteiger charge is 2.42. The van der Waals surface area contributed by atoms with E-state index < -0.39 is 0 Å². The van der Waals surface area contributed by atoms with Crippen LogP contribution in [0.4, 0.5) is 0 Å². The van der Waals surface area contributed by atoms with Gasteiger partial charge in [0, 0.05) is 0 Å². The van der Waals surface area contributed by atoms with Crippen LogP contribution in [0.1, 0.15) is 78.4 Å². The van der Waals surface area contributed by atoms with E-state index in [9.17, 15) is 0 Å². The summed E-state index contributed by atoms with van der Waals surface area (Å²) in [5.74, 6) is 0.850. The van der Waals surface area contributed by atoms with Gasteiger partial charge in [-0.1, -0.05) is 31.4 Å². The summed E-state index contributed by atoms with van der Waals surface area (Å²) in [7, 11) is 0. The summed E-state index contributed by atoms with van der Waals surface area (Å²) < 4.78 is 29.7. The molecule has 2 aliphatic heterocycles. The van der Waals surface area contributed by atoms with Crippen LogP contribution >= 0.6 is 0 Å². The molecule has 7 nitrogen and oxygen atoms in total. The summed E-state index contributed by atoms with van der Waals surface area (Å²) in [4.78, 5) is 6.62. The second kappa shape index (κ2) is 11.9. The van der Waals surface area contributed by atoms with Gasteiger partial charge >= 0.3 is 0 Å². The van der Waals surface area contributed by atoms with Crippen molar-refractivity contribution in [2.75, 3.05) is 39.6 Å². The van der Waals surface area contributed by atoms with E-state index in [4.69, 9.17) is 28.5 Å². The maximum atomic E-state index is 6.62. The predicted octanol–water partition coefficient (Wildman–Crippen LogP) is 5.08. The molecule has 0 radical (unpaired) electrons. The fourth-order valence-electron chi connectivity index (χ4n) is 5.01. The minimum Gasteiger partial charge on any atom is -0.491 e. The molecule has 198 valence electrons. The van der Waals surface area contributed by atoms with Gasteiger partial charge in [0.15, 0.2) is 0 Å². The van der Waals surface area contributed by atoms with E-state index in [1.807, 2.05) is 12.1 Å². The molecular weight excluding hydrogens is 446 g/mol. The highest BCUT2D eigenvalue weighted by molar-refractivity contribution is 5.28. The van der Waals surface area contributed by atoms with Crippen LogP contribution in [0, 0.1) is 0 Å². The number of epoxide rings is 1. The Morgan fingerprint density at radius 2 is 1.54 bits per heavy atom. The first-order valence-corrected chi connectivity index (χ1v) is 13.4. The minimum atomic E-state index is -0.359. The van der Waals surface area contributed by atoms with Crippen LogP contribution in [0.25, 0.3) is 0 Å². The molecule has 0 aromatic heterocycles. The molecule has 1 aliphatic carbocycles. The van der Waals surface area contributed by atoms with Gasteiger partial charge in [0.1, 0.15) is 30.7 Å². The van der Waals surface area contributed by atoms with Gasteiger partial charge in [-0.05, 0) is 65.2 Å². The lowest BCUT2D eigenvalue weighted by atomic mass is 9.97. The monoisotopic (exact) mass is 491 g/mol. The maximum Gasteiger partial charge on any atom is 0.119 e. The van der Waals surface area contributed by atoms with E-state index in [-0.39, 0.29) is 29.4 Å². The lowest BCUT2D eigenvalue weighted by molar-refractivity contribution is -0.301. The second-order valence-corrected chi connectivity index (χ2v) is 11.5. The number of ether oxygens (including phenoxy) is 5. The van der Waals surface area contributed by atoms with Crippen molar-refractivity contribution in [3.63, 3.8) is 0 Å². The van der Waals surface area contributed by atoms with Crippen molar-refractivity contribution in [3.8, 4) is 5.75 Å². The first-order chi connectivity index (χ1) is 16.7. The molecule has 4 rings (SSSR count). The van der Waals surface area contributed by atoms with Crippen molar-refractivity contribution in [1.29, 1.82) is 0 Å². The van der Waals surface area contributed by atoms with Crippen molar-refractivity contribution in [1.82, 2.24) is 5.06 Å². The Bertz CT molecular complexity index is 772. The molecule has 0 N–H and O–H groups in total. The number of rotatable bonds is 9. The first-order valence-electron chi connectivity index (χ1n) is 13.4. The average Bonchev–Trinajstić information content (AvgIpc) is 3.67. The van der Waals surface area contributed by atoms with Crippen molar-refractivity contribution < 1.29 is 28.5 Å². The second-order valence-electron chi connectivity index (χ2n) is 11.5. The zero-order valence-corrected chi connectivity index (χ0v) is 22.3. The van der Waals surface area contributed by atoms with Gasteiger partial charge in [-0.15, -0.1) is 0 Å². The zero-order valence-electron chi connectivity index (χ0n) is 22.3. The molecule has 2 heterocycles. The smallest absolute Gasteiger partial charge is 0.119 e. The molecular formula is C28H45NO6. The van der Waals surface area contributed by atoms with Crippen molar-refractivity contribution in [2.45, 2.75) is 102 Å². The summed E-state index contributed by atoms with van der Waals surface area (Å²) >= 11 is 0. The highest BCUT2D eigenvalue weighted by Crippen LogP contribution is 2.33. The minimum absolute atomic E-state index is 0.0713. The first kappa shape index (κ1) is 26.8. The van der Waals surface area contributed by atoms with E-state index in [0.717, 1.165) is 30.8 Å². The van der Waals surface area contributed by atoms with Crippen LogP contribution < -0.4 is 4.74 Å². The van der Waals surface area contributed by atoms with Gasteiger partial charge in [-0.3, -0.25) is 4.84 Å². The maximum absolute atomic E-state index is 6.62. The van der Waals surface area contributed by atoms with E-state index in [1.54, 1.807) is 0 Å². The highest BCUT2D eigenvalue weighted by atomic mass is 16.7. The zero-order chi connectivity index (χ0) is 24.9. The number of hydrogen-bond acceptors (Lipinski definition) is 7. The van der Waals surface area contributed by atoms with Crippen LogP contribution in [-0.2, 0) is 23.8 Å². The molecule has 3 aliphatic rings.